The normalized spacial score (nSPS) is 11.7. The molecule has 1 heterocycles. The van der Waals surface area contributed by atoms with Gasteiger partial charge in [-0.1, -0.05) is 29.5 Å². The molecule has 2 aromatic rings. The summed E-state index contributed by atoms with van der Waals surface area (Å²) < 4.78 is 0. The van der Waals surface area contributed by atoms with E-state index in [2.05, 4.69) is 15.5 Å². The highest BCUT2D eigenvalue weighted by Crippen LogP contribution is 2.15. The second-order valence-corrected chi connectivity index (χ2v) is 6.87. The molecule has 0 saturated carbocycles. The molecule has 0 bridgehead atoms. The van der Waals surface area contributed by atoms with Gasteiger partial charge in [0.05, 0.1) is 12.1 Å². The predicted molar refractivity (Wildman–Crippen MR) is 86.9 cm³/mol. The van der Waals surface area contributed by atoms with Crippen molar-refractivity contribution in [3.63, 3.8) is 0 Å². The van der Waals surface area contributed by atoms with Gasteiger partial charge in [0.25, 0.3) is 5.91 Å². The second-order valence-electron chi connectivity index (χ2n) is 5.81. The van der Waals surface area contributed by atoms with Crippen LogP contribution in [-0.4, -0.2) is 45.3 Å². The number of benzene rings is 1. The minimum Gasteiger partial charge on any atom is -0.389 e. The summed E-state index contributed by atoms with van der Waals surface area (Å²) >= 11 is 1.26. The lowest BCUT2D eigenvalue weighted by Crippen LogP contribution is -2.35. The molecule has 118 valence electrons. The first-order chi connectivity index (χ1) is 10.3. The molecule has 1 aromatic carbocycles. The molecule has 2 rings (SSSR count). The standard InChI is InChI=1S/C15H20N4O2S/c1-15(2,21)10-19(3)9-12-17-18-14(22-12)13(20)16-11-7-5-4-6-8-11/h4-8,21H,9-10H2,1-3H3,(H,16,20). The van der Waals surface area contributed by atoms with Crippen molar-refractivity contribution in [3.05, 3.63) is 40.3 Å². The van der Waals surface area contributed by atoms with Gasteiger partial charge in [-0.05, 0) is 33.0 Å². The minimum absolute atomic E-state index is 0.264. The maximum absolute atomic E-state index is 12.1. The van der Waals surface area contributed by atoms with Crippen LogP contribution in [0.3, 0.4) is 0 Å². The Hall–Kier alpha value is -1.83. The SMILES string of the molecule is CN(Cc1nnc(C(=O)Nc2ccccc2)s1)CC(C)(C)O. The number of anilines is 1. The summed E-state index contributed by atoms with van der Waals surface area (Å²) in [4.78, 5) is 14.0. The number of nitrogens with one attached hydrogen (secondary N) is 1. The topological polar surface area (TPSA) is 78.4 Å². The van der Waals surface area contributed by atoms with E-state index in [9.17, 15) is 9.90 Å². The Balaban J connectivity index is 1.95. The molecule has 0 atom stereocenters. The lowest BCUT2D eigenvalue weighted by atomic mass is 10.1. The van der Waals surface area contributed by atoms with Crippen molar-refractivity contribution in [1.82, 2.24) is 15.1 Å². The third-order valence-electron chi connectivity index (χ3n) is 2.75. The average molecular weight is 320 g/mol. The summed E-state index contributed by atoms with van der Waals surface area (Å²) in [7, 11) is 1.89. The average Bonchev–Trinajstić information content (AvgIpc) is 2.86. The Morgan fingerprint density at radius 3 is 2.64 bits per heavy atom. The van der Waals surface area contributed by atoms with Crippen LogP contribution in [0.25, 0.3) is 0 Å². The van der Waals surface area contributed by atoms with Crippen LogP contribution >= 0.6 is 11.3 Å². The van der Waals surface area contributed by atoms with E-state index in [1.807, 2.05) is 42.3 Å². The fourth-order valence-corrected chi connectivity index (χ4v) is 2.88. The molecule has 6 nitrogen and oxygen atoms in total. The van der Waals surface area contributed by atoms with E-state index in [1.165, 1.54) is 11.3 Å². The molecule has 7 heteroatoms. The third-order valence-corrected chi connectivity index (χ3v) is 3.66. The number of aliphatic hydroxyl groups is 1. The smallest absolute Gasteiger partial charge is 0.286 e. The van der Waals surface area contributed by atoms with E-state index in [-0.39, 0.29) is 5.91 Å². The van der Waals surface area contributed by atoms with Crippen molar-refractivity contribution in [2.24, 2.45) is 0 Å². The largest absolute Gasteiger partial charge is 0.389 e. The maximum atomic E-state index is 12.1. The number of carbonyl (C=O) groups is 1. The van der Waals surface area contributed by atoms with Crippen LogP contribution in [0.5, 0.6) is 0 Å². The quantitative estimate of drug-likeness (QED) is 0.851. The number of aromatic nitrogens is 2. The lowest BCUT2D eigenvalue weighted by Gasteiger charge is -2.24. The van der Waals surface area contributed by atoms with Gasteiger partial charge in [-0.25, -0.2) is 0 Å². The number of hydrogen-bond donors (Lipinski definition) is 2. The zero-order valence-electron chi connectivity index (χ0n) is 12.9. The number of rotatable bonds is 6. The highest BCUT2D eigenvalue weighted by Gasteiger charge is 2.18. The Kier molecular flexibility index (Phi) is 5.23. The molecule has 2 N–H and O–H groups in total. The number of likely N-dealkylation sites (N-methyl/N-ethyl adjacent to an activating group) is 1. The van der Waals surface area contributed by atoms with Crippen LogP contribution in [0.4, 0.5) is 5.69 Å². The van der Waals surface area contributed by atoms with E-state index in [1.54, 1.807) is 13.8 Å². The number of hydrogen-bond acceptors (Lipinski definition) is 6. The first kappa shape index (κ1) is 16.5. The van der Waals surface area contributed by atoms with Gasteiger partial charge in [0, 0.05) is 12.2 Å². The van der Waals surface area contributed by atoms with Crippen LogP contribution in [0, 0.1) is 0 Å². The molecule has 0 aliphatic carbocycles. The highest BCUT2D eigenvalue weighted by molar-refractivity contribution is 7.13. The van der Waals surface area contributed by atoms with Crippen molar-refractivity contribution in [2.75, 3.05) is 18.9 Å². The minimum atomic E-state index is -0.771. The molecule has 22 heavy (non-hydrogen) atoms. The first-order valence-electron chi connectivity index (χ1n) is 6.93. The Morgan fingerprint density at radius 2 is 2.00 bits per heavy atom. The molecule has 0 fully saturated rings. The Labute approximate surface area is 133 Å². The van der Waals surface area contributed by atoms with Gasteiger partial charge in [-0.3, -0.25) is 9.69 Å². The highest BCUT2D eigenvalue weighted by atomic mass is 32.1. The molecular formula is C15H20N4O2S. The monoisotopic (exact) mass is 320 g/mol. The molecule has 0 radical (unpaired) electrons. The van der Waals surface area contributed by atoms with Crippen molar-refractivity contribution in [3.8, 4) is 0 Å². The van der Waals surface area contributed by atoms with Gasteiger partial charge in [0.15, 0.2) is 0 Å². The van der Waals surface area contributed by atoms with E-state index >= 15 is 0 Å². The van der Waals surface area contributed by atoms with Gasteiger partial charge in [-0.2, -0.15) is 0 Å². The predicted octanol–water partition coefficient (Wildman–Crippen LogP) is 1.99. The lowest BCUT2D eigenvalue weighted by molar-refractivity contribution is 0.0424. The number of para-hydroxylation sites is 1. The van der Waals surface area contributed by atoms with Gasteiger partial charge in [0.1, 0.15) is 5.01 Å². The summed E-state index contributed by atoms with van der Waals surface area (Å²) in [5, 5.41) is 21.6. The summed E-state index contributed by atoms with van der Waals surface area (Å²) in [6.45, 7) is 4.56. The Morgan fingerprint density at radius 1 is 1.32 bits per heavy atom. The first-order valence-corrected chi connectivity index (χ1v) is 7.75. The fraction of sp³-hybridized carbons (Fsp3) is 0.400. The van der Waals surface area contributed by atoms with Gasteiger partial charge >= 0.3 is 0 Å². The summed E-state index contributed by atoms with van der Waals surface area (Å²) in [6.07, 6.45) is 0. The summed E-state index contributed by atoms with van der Waals surface area (Å²) in [6, 6.07) is 9.23. The summed E-state index contributed by atoms with van der Waals surface area (Å²) in [5.41, 5.74) is -0.0455. The third kappa shape index (κ3) is 5.18. The van der Waals surface area contributed by atoms with E-state index in [0.29, 0.717) is 18.1 Å². The molecule has 0 aliphatic heterocycles. The molecule has 0 unspecified atom stereocenters. The zero-order valence-corrected chi connectivity index (χ0v) is 13.7. The van der Waals surface area contributed by atoms with Gasteiger partial charge in [-0.15, -0.1) is 10.2 Å². The van der Waals surface area contributed by atoms with Crippen LogP contribution in [0.2, 0.25) is 0 Å². The van der Waals surface area contributed by atoms with Crippen molar-refractivity contribution >= 4 is 22.9 Å². The molecule has 1 aromatic heterocycles. The zero-order chi connectivity index (χ0) is 16.2. The van der Waals surface area contributed by atoms with Gasteiger partial charge in [0.2, 0.25) is 5.01 Å². The second kappa shape index (κ2) is 6.95. The molecule has 1 amide bonds. The number of carbonyl (C=O) groups excluding carboxylic acids is 1. The molecule has 0 saturated heterocycles. The van der Waals surface area contributed by atoms with E-state index < -0.39 is 5.60 Å². The van der Waals surface area contributed by atoms with Crippen molar-refractivity contribution < 1.29 is 9.90 Å². The Bertz CT molecular complexity index is 622. The van der Waals surface area contributed by atoms with Crippen LogP contribution < -0.4 is 5.32 Å². The number of nitrogens with zero attached hydrogens (tertiary/aromatic N) is 3. The van der Waals surface area contributed by atoms with Crippen LogP contribution in [-0.2, 0) is 6.54 Å². The fourth-order valence-electron chi connectivity index (χ4n) is 2.06. The molecular weight excluding hydrogens is 300 g/mol. The molecule has 0 aliphatic rings. The van der Waals surface area contributed by atoms with Crippen molar-refractivity contribution in [1.29, 1.82) is 0 Å². The molecule has 0 spiro atoms. The van der Waals surface area contributed by atoms with Crippen LogP contribution in [0.1, 0.15) is 28.7 Å². The van der Waals surface area contributed by atoms with E-state index in [4.69, 9.17) is 0 Å². The maximum Gasteiger partial charge on any atom is 0.286 e. The van der Waals surface area contributed by atoms with Gasteiger partial charge < -0.3 is 10.4 Å². The van der Waals surface area contributed by atoms with Crippen LogP contribution in [0.15, 0.2) is 30.3 Å². The number of amides is 1. The van der Waals surface area contributed by atoms with E-state index in [0.717, 1.165) is 10.7 Å². The van der Waals surface area contributed by atoms with Crippen molar-refractivity contribution in [2.45, 2.75) is 26.0 Å². The summed E-state index contributed by atoms with van der Waals surface area (Å²) in [5.74, 6) is -0.264.